The second kappa shape index (κ2) is 13.4. The minimum atomic E-state index is -4.32. The fraction of sp³-hybridized carbons (Fsp3) is 0.303. The molecule has 2 nitrogen and oxygen atoms in total. The van der Waals surface area contributed by atoms with Gasteiger partial charge in [-0.15, -0.1) is 11.4 Å². The summed E-state index contributed by atoms with van der Waals surface area (Å²) in [6, 6.07) is 22.6. The van der Waals surface area contributed by atoms with E-state index in [0.29, 0.717) is 23.3 Å². The molecule has 3 aliphatic rings. The summed E-state index contributed by atoms with van der Waals surface area (Å²) in [5.41, 5.74) is 6.34. The molecule has 1 aliphatic heterocycles. The third-order valence-electron chi connectivity index (χ3n) is 8.90. The molecule has 3 aromatic rings. The average Bonchev–Trinajstić information content (AvgIpc) is 3.36. The summed E-state index contributed by atoms with van der Waals surface area (Å²) in [4.78, 5) is 0. The van der Waals surface area contributed by atoms with Gasteiger partial charge in [-0.2, -0.15) is 13.2 Å². The van der Waals surface area contributed by atoms with Crippen molar-refractivity contribution in [3.05, 3.63) is 115 Å². The van der Waals surface area contributed by atoms with Gasteiger partial charge in [0.1, 0.15) is 0 Å². The van der Waals surface area contributed by atoms with E-state index in [4.69, 9.17) is 23.9 Å². The zero-order chi connectivity index (χ0) is 29.4. The molecule has 0 bridgehead atoms. The zero-order valence-electron chi connectivity index (χ0n) is 24.2. The van der Waals surface area contributed by atoms with E-state index in [1.54, 1.807) is 12.1 Å². The van der Waals surface area contributed by atoms with Gasteiger partial charge in [0.2, 0.25) is 0 Å². The van der Waals surface area contributed by atoms with E-state index >= 15 is 0 Å². The van der Waals surface area contributed by atoms with Crippen molar-refractivity contribution < 1.29 is 30.2 Å². The van der Waals surface area contributed by atoms with Crippen LogP contribution in [-0.2, 0) is 23.2 Å². The van der Waals surface area contributed by atoms with Crippen molar-refractivity contribution in [2.45, 2.75) is 44.6 Å². The van der Waals surface area contributed by atoms with Crippen molar-refractivity contribution in [1.82, 2.24) is 0 Å². The van der Waals surface area contributed by atoms with Crippen LogP contribution in [0.15, 0.2) is 91.0 Å². The Morgan fingerprint density at radius 1 is 0.929 bits per heavy atom. The van der Waals surface area contributed by atoms with E-state index < -0.39 is 37.0 Å². The van der Waals surface area contributed by atoms with Crippen LogP contribution >= 0.6 is 18.6 Å². The van der Waals surface area contributed by atoms with Crippen LogP contribution in [0.5, 0.6) is 0 Å². The zero-order valence-corrected chi connectivity index (χ0v) is 28.2. The third kappa shape index (κ3) is 6.16. The molecule has 1 heterocycles. The summed E-state index contributed by atoms with van der Waals surface area (Å²) in [6.45, 7) is 7.27. The number of hydrogen-bond acceptors (Lipinski definition) is 1. The standard InChI is InChI=1S/C32H32F3N2Si.CH3.2ClH.Ti/c1-4-21-20-26-24(22-16-18-23(19-17-22)32(33,34)35)10-9-11-25(26)31(21)38(2,3)37-29-14-7-5-12-27(29)36-28-13-6-8-15-30(28)37;;;;/h5-19,21,25-26,31H,4,20H2,1-3H3;1H3;2*1H;/q2*-1;;;+2/p-2/t21-,25+,26-,31?;;;;/m1..../s1. The topological polar surface area (TPSA) is 17.3 Å². The van der Waals surface area contributed by atoms with Gasteiger partial charge < -0.3 is 17.3 Å². The number of fused-ring (bicyclic) bond motifs is 3. The summed E-state index contributed by atoms with van der Waals surface area (Å²) >= 11 is -0.556. The second-order valence-electron chi connectivity index (χ2n) is 11.3. The number of anilines is 2. The number of allylic oxidation sites excluding steroid dienone is 4. The Labute approximate surface area is 265 Å². The van der Waals surface area contributed by atoms with Crippen molar-refractivity contribution in [2.24, 2.45) is 17.8 Å². The van der Waals surface area contributed by atoms with Gasteiger partial charge in [0, 0.05) is 11.4 Å². The molecule has 0 radical (unpaired) electrons. The average molecular weight is 664 g/mol. The molecule has 3 aromatic carbocycles. The van der Waals surface area contributed by atoms with Crippen LogP contribution in [0.4, 0.5) is 35.9 Å². The molecular formula is C33H35Cl2F3N2SiTi-2. The van der Waals surface area contributed by atoms with Gasteiger partial charge in [0.25, 0.3) is 0 Å². The van der Waals surface area contributed by atoms with E-state index in [9.17, 15) is 13.2 Å². The van der Waals surface area contributed by atoms with Gasteiger partial charge in [-0.25, -0.2) is 0 Å². The number of halogens is 5. The predicted molar refractivity (Wildman–Crippen MR) is 171 cm³/mol. The Kier molecular flexibility index (Phi) is 10.5. The molecule has 0 saturated heterocycles. The number of para-hydroxylation sites is 4. The van der Waals surface area contributed by atoms with E-state index in [2.05, 4.69) is 91.3 Å². The minimum absolute atomic E-state index is 0. The van der Waals surface area contributed by atoms with Crippen LogP contribution < -0.4 is 4.57 Å². The number of benzene rings is 3. The summed E-state index contributed by atoms with van der Waals surface area (Å²) in [5, 5.41) is 4.97. The summed E-state index contributed by atoms with van der Waals surface area (Å²) in [7, 11) is 7.60. The first kappa shape index (κ1) is 32.9. The number of rotatable bonds is 4. The van der Waals surface area contributed by atoms with Crippen molar-refractivity contribution in [3.8, 4) is 0 Å². The first-order valence-corrected chi connectivity index (χ1v) is 21.2. The van der Waals surface area contributed by atoms with Crippen LogP contribution in [0.1, 0.15) is 30.9 Å². The normalized spacial score (nSPS) is 22.3. The van der Waals surface area contributed by atoms with Gasteiger partial charge >= 0.3 is 41.8 Å². The van der Waals surface area contributed by atoms with Gasteiger partial charge in [-0.3, -0.25) is 0 Å². The van der Waals surface area contributed by atoms with Gasteiger partial charge in [0.15, 0.2) is 8.24 Å². The summed E-state index contributed by atoms with van der Waals surface area (Å²) < 4.78 is 42.3. The molecule has 0 spiro atoms. The van der Waals surface area contributed by atoms with Gasteiger partial charge in [-0.05, 0) is 65.1 Å². The van der Waals surface area contributed by atoms with Crippen molar-refractivity contribution in [2.75, 3.05) is 4.57 Å². The van der Waals surface area contributed by atoms with Gasteiger partial charge in [-0.1, -0.05) is 93.2 Å². The molecular weight excluding hydrogens is 628 g/mol. The molecule has 42 heavy (non-hydrogen) atoms. The van der Waals surface area contributed by atoms with Gasteiger partial charge in [0.05, 0.1) is 5.56 Å². The summed E-state index contributed by atoms with van der Waals surface area (Å²) in [6.07, 6.45) is 4.45. The fourth-order valence-electron chi connectivity index (χ4n) is 7.35. The summed E-state index contributed by atoms with van der Waals surface area (Å²) in [5.74, 6) is 1.19. The first-order valence-electron chi connectivity index (χ1n) is 13.8. The molecule has 1 fully saturated rings. The second-order valence-corrected chi connectivity index (χ2v) is 18.3. The molecule has 1 saturated carbocycles. The quantitative estimate of drug-likeness (QED) is 0.201. The molecule has 4 atom stereocenters. The number of hydrogen-bond donors (Lipinski definition) is 0. The molecule has 0 amide bonds. The molecule has 6 rings (SSSR count). The van der Waals surface area contributed by atoms with Crippen molar-refractivity contribution in [1.29, 1.82) is 0 Å². The molecule has 2 aliphatic carbocycles. The monoisotopic (exact) mass is 662 g/mol. The fourth-order valence-corrected chi connectivity index (χ4v) is 12.1. The Morgan fingerprint density at radius 2 is 1.48 bits per heavy atom. The van der Waals surface area contributed by atoms with E-state index in [1.165, 1.54) is 29.1 Å². The number of alkyl halides is 3. The van der Waals surface area contributed by atoms with E-state index in [-0.39, 0.29) is 7.43 Å². The Morgan fingerprint density at radius 3 is 2.00 bits per heavy atom. The van der Waals surface area contributed by atoms with Crippen LogP contribution in [0.25, 0.3) is 10.9 Å². The SMILES string of the molecule is CC[C@@H]1C[C@@H]2C(c3ccc(C(F)(F)F)cc3)=CC=C[C@@H]2C1[Si](C)(C)N1c2ccccc2[N-]c2ccccc21.[CH3-].[Cl][Ti][Cl]. The van der Waals surface area contributed by atoms with Crippen LogP contribution in [0.3, 0.4) is 0 Å². The molecule has 0 aromatic heterocycles. The molecule has 9 heteroatoms. The maximum absolute atomic E-state index is 13.2. The van der Waals surface area contributed by atoms with Crippen LogP contribution in [-0.4, -0.2) is 8.24 Å². The van der Waals surface area contributed by atoms with Crippen molar-refractivity contribution in [3.63, 3.8) is 0 Å². The van der Waals surface area contributed by atoms with Crippen LogP contribution in [0.2, 0.25) is 18.6 Å². The van der Waals surface area contributed by atoms with Crippen molar-refractivity contribution >= 4 is 55.2 Å². The Hall–Kier alpha value is -1.96. The predicted octanol–water partition coefficient (Wildman–Crippen LogP) is 12.2. The van der Waals surface area contributed by atoms with Crippen LogP contribution in [0, 0.1) is 25.2 Å². The molecule has 0 N–H and O–H groups in total. The molecule has 1 unspecified atom stereocenters. The van der Waals surface area contributed by atoms with E-state index in [1.807, 2.05) is 0 Å². The first-order chi connectivity index (χ1) is 19.6. The third-order valence-corrected chi connectivity index (χ3v) is 13.0. The maximum atomic E-state index is 13.2. The Balaban J connectivity index is 0.000000972. The Bertz CT molecular complexity index is 1400. The molecule has 222 valence electrons. The number of nitrogens with zero attached hydrogens (tertiary/aromatic N) is 2. The van der Waals surface area contributed by atoms with E-state index in [0.717, 1.165) is 29.8 Å².